The zero-order chi connectivity index (χ0) is 14.6. The summed E-state index contributed by atoms with van der Waals surface area (Å²) < 4.78 is 0. The Balaban J connectivity index is 1.53. The van der Waals surface area contributed by atoms with Crippen molar-refractivity contribution in [3.63, 3.8) is 0 Å². The fraction of sp³-hybridized carbons (Fsp3) is 0.588. The van der Waals surface area contributed by atoms with Gasteiger partial charge in [0.2, 0.25) is 5.91 Å². The summed E-state index contributed by atoms with van der Waals surface area (Å²) in [5.74, 6) is 2.34. The first-order chi connectivity index (χ1) is 10.1. The van der Waals surface area contributed by atoms with Crippen molar-refractivity contribution in [2.24, 2.45) is 17.8 Å². The van der Waals surface area contributed by atoms with E-state index >= 15 is 0 Å². The van der Waals surface area contributed by atoms with Crippen molar-refractivity contribution in [3.05, 3.63) is 28.3 Å². The standard InChI is InChI=1S/C17H20ClNO2/c18-14-8-15-12(7-17(21)19-15)5-13(14)16(20)6-11-4-9-1-2-10(11)3-9/h5,8-11,16,20H,1-4,6-7H2,(H,19,21). The van der Waals surface area contributed by atoms with Crippen LogP contribution in [0.25, 0.3) is 0 Å². The second-order valence-electron chi connectivity index (χ2n) is 6.94. The lowest BCUT2D eigenvalue weighted by atomic mass is 9.83. The number of carbonyl (C=O) groups excluding carboxylic acids is 1. The lowest BCUT2D eigenvalue weighted by molar-refractivity contribution is -0.115. The highest BCUT2D eigenvalue weighted by Gasteiger charge is 2.40. The quantitative estimate of drug-likeness (QED) is 0.894. The van der Waals surface area contributed by atoms with E-state index < -0.39 is 6.10 Å². The van der Waals surface area contributed by atoms with Crippen LogP contribution < -0.4 is 5.32 Å². The highest BCUT2D eigenvalue weighted by Crippen LogP contribution is 2.51. The Kier molecular flexibility index (Phi) is 3.23. The lowest BCUT2D eigenvalue weighted by Crippen LogP contribution is -2.14. The highest BCUT2D eigenvalue weighted by molar-refractivity contribution is 6.32. The molecule has 4 atom stereocenters. The van der Waals surface area contributed by atoms with Gasteiger partial charge < -0.3 is 10.4 Å². The molecular weight excluding hydrogens is 286 g/mol. The molecule has 3 nitrogen and oxygen atoms in total. The third-order valence-corrected chi connectivity index (χ3v) is 5.94. The molecule has 1 aliphatic heterocycles. The third-order valence-electron chi connectivity index (χ3n) is 5.62. The number of nitrogens with one attached hydrogen (secondary N) is 1. The molecule has 1 heterocycles. The molecule has 0 aromatic heterocycles. The second kappa shape index (κ2) is 4.99. The molecule has 4 heteroatoms. The number of benzene rings is 1. The molecule has 3 aliphatic rings. The van der Waals surface area contributed by atoms with Crippen molar-refractivity contribution in [2.75, 3.05) is 5.32 Å². The van der Waals surface area contributed by atoms with Crippen molar-refractivity contribution in [1.29, 1.82) is 0 Å². The Morgan fingerprint density at radius 1 is 1.33 bits per heavy atom. The number of aliphatic hydroxyl groups excluding tert-OH is 1. The van der Waals surface area contributed by atoms with E-state index in [9.17, 15) is 9.90 Å². The smallest absolute Gasteiger partial charge is 0.228 e. The largest absolute Gasteiger partial charge is 0.388 e. The van der Waals surface area contributed by atoms with Crippen LogP contribution in [0.2, 0.25) is 5.02 Å². The molecule has 2 fully saturated rings. The topological polar surface area (TPSA) is 49.3 Å². The van der Waals surface area contributed by atoms with Crippen molar-refractivity contribution in [1.82, 2.24) is 0 Å². The summed E-state index contributed by atoms with van der Waals surface area (Å²) in [5, 5.41) is 14.0. The maximum absolute atomic E-state index is 11.4. The Hall–Kier alpha value is -1.06. The highest BCUT2D eigenvalue weighted by atomic mass is 35.5. The summed E-state index contributed by atoms with van der Waals surface area (Å²) in [7, 11) is 0. The van der Waals surface area contributed by atoms with Crippen LogP contribution in [0.5, 0.6) is 0 Å². The molecule has 1 aromatic rings. The van der Waals surface area contributed by atoms with E-state index in [1.807, 2.05) is 6.07 Å². The van der Waals surface area contributed by atoms with Gasteiger partial charge in [-0.3, -0.25) is 4.79 Å². The molecular formula is C17H20ClNO2. The van der Waals surface area contributed by atoms with Gasteiger partial charge in [0.1, 0.15) is 0 Å². The summed E-state index contributed by atoms with van der Waals surface area (Å²) >= 11 is 6.30. The van der Waals surface area contributed by atoms with Crippen LogP contribution >= 0.6 is 11.6 Å². The molecule has 2 saturated carbocycles. The Bertz CT molecular complexity index is 601. The zero-order valence-electron chi connectivity index (χ0n) is 11.9. The summed E-state index contributed by atoms with van der Waals surface area (Å²) in [4.78, 5) is 11.4. The van der Waals surface area contributed by atoms with Crippen LogP contribution in [0.15, 0.2) is 12.1 Å². The second-order valence-corrected chi connectivity index (χ2v) is 7.35. The van der Waals surface area contributed by atoms with Crippen LogP contribution in [0.4, 0.5) is 5.69 Å². The van der Waals surface area contributed by atoms with Gasteiger partial charge in [0.05, 0.1) is 12.5 Å². The minimum Gasteiger partial charge on any atom is -0.388 e. The first-order valence-electron chi connectivity index (χ1n) is 7.90. The molecule has 112 valence electrons. The molecule has 2 N–H and O–H groups in total. The number of rotatable bonds is 3. The third kappa shape index (κ3) is 2.36. The predicted molar refractivity (Wildman–Crippen MR) is 82.3 cm³/mol. The maximum Gasteiger partial charge on any atom is 0.228 e. The molecule has 4 rings (SSSR count). The number of halogens is 1. The van der Waals surface area contributed by atoms with E-state index in [2.05, 4.69) is 5.32 Å². The van der Waals surface area contributed by atoms with E-state index in [0.29, 0.717) is 17.4 Å². The summed E-state index contributed by atoms with van der Waals surface area (Å²) in [6.45, 7) is 0. The molecule has 4 unspecified atom stereocenters. The van der Waals surface area contributed by atoms with Crippen molar-refractivity contribution in [2.45, 2.75) is 44.6 Å². The van der Waals surface area contributed by atoms with Crippen LogP contribution in [0, 0.1) is 17.8 Å². The molecule has 0 radical (unpaired) electrons. The van der Waals surface area contributed by atoms with Crippen molar-refractivity contribution < 1.29 is 9.90 Å². The Labute approximate surface area is 129 Å². The molecule has 0 saturated heterocycles. The predicted octanol–water partition coefficient (Wildman–Crippen LogP) is 3.69. The summed E-state index contributed by atoms with van der Waals surface area (Å²) in [6.07, 6.45) is 6.02. The number of carbonyl (C=O) groups is 1. The molecule has 0 spiro atoms. The van der Waals surface area contributed by atoms with Gasteiger partial charge in [-0.05, 0) is 66.7 Å². The van der Waals surface area contributed by atoms with Gasteiger partial charge >= 0.3 is 0 Å². The first-order valence-corrected chi connectivity index (χ1v) is 8.28. The average Bonchev–Trinajstić information content (AvgIpc) is 3.11. The first kappa shape index (κ1) is 13.6. The van der Waals surface area contributed by atoms with E-state index in [1.165, 1.54) is 25.7 Å². The van der Waals surface area contributed by atoms with Crippen LogP contribution in [0.3, 0.4) is 0 Å². The van der Waals surface area contributed by atoms with E-state index in [-0.39, 0.29) is 5.91 Å². The minimum absolute atomic E-state index is 0.000749. The SMILES string of the molecule is O=C1Cc2cc(C(O)CC3CC4CCC3C4)c(Cl)cc2N1. The van der Waals surface area contributed by atoms with Gasteiger partial charge in [0, 0.05) is 10.7 Å². The normalized spacial score (nSPS) is 31.3. The van der Waals surface area contributed by atoms with E-state index in [4.69, 9.17) is 11.6 Å². The maximum atomic E-state index is 11.4. The van der Waals surface area contributed by atoms with Gasteiger partial charge in [-0.1, -0.05) is 18.0 Å². The Morgan fingerprint density at radius 3 is 2.90 bits per heavy atom. The average molecular weight is 306 g/mol. The van der Waals surface area contributed by atoms with Crippen LogP contribution in [-0.4, -0.2) is 11.0 Å². The minimum atomic E-state index is -0.511. The van der Waals surface area contributed by atoms with E-state index in [0.717, 1.165) is 35.1 Å². The summed E-state index contributed by atoms with van der Waals surface area (Å²) in [6, 6.07) is 3.69. The van der Waals surface area contributed by atoms with Crippen LogP contribution in [-0.2, 0) is 11.2 Å². The molecule has 1 aromatic carbocycles. The molecule has 21 heavy (non-hydrogen) atoms. The van der Waals surface area contributed by atoms with Crippen LogP contribution in [0.1, 0.15) is 49.3 Å². The Morgan fingerprint density at radius 2 is 2.19 bits per heavy atom. The van der Waals surface area contributed by atoms with E-state index in [1.54, 1.807) is 6.07 Å². The molecule has 2 bridgehead atoms. The van der Waals surface area contributed by atoms with Gasteiger partial charge in [-0.25, -0.2) is 0 Å². The number of hydrogen-bond donors (Lipinski definition) is 2. The molecule has 1 amide bonds. The lowest BCUT2D eigenvalue weighted by Gasteiger charge is -2.25. The number of amides is 1. The summed E-state index contributed by atoms with van der Waals surface area (Å²) in [5.41, 5.74) is 2.53. The number of hydrogen-bond acceptors (Lipinski definition) is 2. The van der Waals surface area contributed by atoms with Gasteiger partial charge in [0.15, 0.2) is 0 Å². The number of fused-ring (bicyclic) bond motifs is 3. The van der Waals surface area contributed by atoms with Gasteiger partial charge in [0.25, 0.3) is 0 Å². The molecule has 2 aliphatic carbocycles. The van der Waals surface area contributed by atoms with Gasteiger partial charge in [-0.15, -0.1) is 0 Å². The van der Waals surface area contributed by atoms with Crippen molar-refractivity contribution >= 4 is 23.2 Å². The van der Waals surface area contributed by atoms with Crippen molar-refractivity contribution in [3.8, 4) is 0 Å². The van der Waals surface area contributed by atoms with Gasteiger partial charge in [-0.2, -0.15) is 0 Å². The zero-order valence-corrected chi connectivity index (χ0v) is 12.7. The number of aliphatic hydroxyl groups is 1. The fourth-order valence-electron chi connectivity index (χ4n) is 4.60. The number of anilines is 1. The monoisotopic (exact) mass is 305 g/mol. The fourth-order valence-corrected chi connectivity index (χ4v) is 4.89.